The number of hydrogen-bond acceptors (Lipinski definition) is 3. The molecule has 0 spiro atoms. The van der Waals surface area contributed by atoms with E-state index in [9.17, 15) is 13.2 Å². The molecule has 1 saturated carbocycles. The highest BCUT2D eigenvalue weighted by Crippen LogP contribution is 2.47. The largest absolute Gasteiger partial charge is 0.481 e. The summed E-state index contributed by atoms with van der Waals surface area (Å²) in [7, 11) is -3.30. The smallest absolute Gasteiger partial charge is 0.307 e. The molecule has 0 heterocycles. The lowest BCUT2D eigenvalue weighted by molar-refractivity contribution is -0.138. The first kappa shape index (κ1) is 11.9. The number of nitrogens with one attached hydrogen (secondary N) is 1. The van der Waals surface area contributed by atoms with Crippen LogP contribution in [0.25, 0.3) is 0 Å². The van der Waals surface area contributed by atoms with E-state index in [0.717, 1.165) is 11.8 Å². The average Bonchev–Trinajstić information content (AvgIpc) is 2.94. The van der Waals surface area contributed by atoms with Crippen LogP contribution in [-0.2, 0) is 14.8 Å². The van der Waals surface area contributed by atoms with Crippen LogP contribution in [0.4, 0.5) is 5.69 Å². The first-order valence-corrected chi connectivity index (χ1v) is 7.06. The van der Waals surface area contributed by atoms with Crippen molar-refractivity contribution in [3.8, 4) is 0 Å². The number of sulfonamides is 1. The third kappa shape index (κ3) is 2.97. The Kier molecular flexibility index (Phi) is 2.82. The molecule has 1 fully saturated rings. The fourth-order valence-electron chi connectivity index (χ4n) is 1.88. The Bertz CT molecular complexity index is 552. The van der Waals surface area contributed by atoms with Crippen LogP contribution in [0.15, 0.2) is 24.3 Å². The minimum atomic E-state index is -3.30. The van der Waals surface area contributed by atoms with Crippen molar-refractivity contribution in [1.82, 2.24) is 0 Å². The van der Waals surface area contributed by atoms with Gasteiger partial charge in [-0.15, -0.1) is 0 Å². The van der Waals surface area contributed by atoms with Crippen LogP contribution in [-0.4, -0.2) is 25.7 Å². The lowest BCUT2D eigenvalue weighted by Gasteiger charge is -2.05. The highest BCUT2D eigenvalue weighted by atomic mass is 32.2. The third-order valence-corrected chi connectivity index (χ3v) is 3.33. The second-order valence-electron chi connectivity index (χ2n) is 4.29. The van der Waals surface area contributed by atoms with Crippen molar-refractivity contribution >= 4 is 21.7 Å². The summed E-state index contributed by atoms with van der Waals surface area (Å²) in [4.78, 5) is 10.7. The molecule has 0 aromatic heterocycles. The standard InChI is InChI=1S/C11H13NO4S/c1-17(15,16)12-8-4-2-3-7(5-8)9-6-10(9)11(13)14/h2-5,9-10,12H,6H2,1H3,(H,13,14). The first-order chi connectivity index (χ1) is 7.87. The summed E-state index contributed by atoms with van der Waals surface area (Å²) in [5.41, 5.74) is 1.34. The number of rotatable bonds is 4. The molecule has 6 heteroatoms. The van der Waals surface area contributed by atoms with E-state index in [1.54, 1.807) is 18.2 Å². The third-order valence-electron chi connectivity index (χ3n) is 2.73. The number of hydrogen-bond donors (Lipinski definition) is 2. The van der Waals surface area contributed by atoms with Crippen LogP contribution in [0, 0.1) is 5.92 Å². The number of aliphatic carboxylic acids is 1. The second-order valence-corrected chi connectivity index (χ2v) is 6.04. The zero-order valence-corrected chi connectivity index (χ0v) is 10.1. The normalized spacial score (nSPS) is 23.1. The van der Waals surface area contributed by atoms with Gasteiger partial charge in [-0.1, -0.05) is 12.1 Å². The summed E-state index contributed by atoms with van der Waals surface area (Å²) in [6, 6.07) is 6.87. The van der Waals surface area contributed by atoms with Gasteiger partial charge < -0.3 is 5.11 Å². The summed E-state index contributed by atoms with van der Waals surface area (Å²) in [5, 5.41) is 8.83. The van der Waals surface area contributed by atoms with E-state index in [1.807, 2.05) is 6.07 Å². The fourth-order valence-corrected chi connectivity index (χ4v) is 2.44. The topological polar surface area (TPSA) is 83.5 Å². The van der Waals surface area contributed by atoms with Crippen LogP contribution in [0.1, 0.15) is 17.9 Å². The van der Waals surface area contributed by atoms with Crippen LogP contribution in [0.5, 0.6) is 0 Å². The predicted octanol–water partition coefficient (Wildman–Crippen LogP) is 1.25. The fraction of sp³-hybridized carbons (Fsp3) is 0.364. The van der Waals surface area contributed by atoms with Crippen molar-refractivity contribution in [1.29, 1.82) is 0 Å². The molecule has 2 unspecified atom stereocenters. The number of carboxylic acids is 1. The molecule has 1 aromatic rings. The Hall–Kier alpha value is -1.56. The summed E-state index contributed by atoms with van der Waals surface area (Å²) in [6.07, 6.45) is 1.70. The van der Waals surface area contributed by atoms with Crippen molar-refractivity contribution in [2.24, 2.45) is 5.92 Å². The average molecular weight is 255 g/mol. The first-order valence-electron chi connectivity index (χ1n) is 5.17. The van der Waals surface area contributed by atoms with Crippen LogP contribution in [0.2, 0.25) is 0 Å². The Morgan fingerprint density at radius 2 is 2.18 bits per heavy atom. The molecule has 0 amide bonds. The van der Waals surface area contributed by atoms with E-state index in [4.69, 9.17) is 5.11 Å². The van der Waals surface area contributed by atoms with Crippen LogP contribution < -0.4 is 4.72 Å². The number of anilines is 1. The minimum Gasteiger partial charge on any atom is -0.481 e. The Morgan fingerprint density at radius 1 is 1.47 bits per heavy atom. The van der Waals surface area contributed by atoms with Crippen molar-refractivity contribution in [3.05, 3.63) is 29.8 Å². The molecule has 5 nitrogen and oxygen atoms in total. The summed E-state index contributed by atoms with van der Waals surface area (Å²) >= 11 is 0. The molecule has 1 aliphatic rings. The maximum absolute atomic E-state index is 11.1. The van der Waals surface area contributed by atoms with Gasteiger partial charge in [-0.05, 0) is 30.0 Å². The zero-order chi connectivity index (χ0) is 12.6. The van der Waals surface area contributed by atoms with Gasteiger partial charge in [-0.25, -0.2) is 8.42 Å². The molecule has 0 saturated heterocycles. The van der Waals surface area contributed by atoms with Gasteiger partial charge in [0, 0.05) is 5.69 Å². The molecule has 17 heavy (non-hydrogen) atoms. The van der Waals surface area contributed by atoms with E-state index in [-0.39, 0.29) is 11.8 Å². The maximum Gasteiger partial charge on any atom is 0.307 e. The van der Waals surface area contributed by atoms with Crippen molar-refractivity contribution in [2.45, 2.75) is 12.3 Å². The lowest BCUT2D eigenvalue weighted by Crippen LogP contribution is -2.09. The van der Waals surface area contributed by atoms with E-state index in [1.165, 1.54) is 0 Å². The van der Waals surface area contributed by atoms with Crippen LogP contribution in [0.3, 0.4) is 0 Å². The molecule has 92 valence electrons. The Labute approximate surface area is 99.5 Å². The molecule has 2 N–H and O–H groups in total. The molecule has 1 aromatic carbocycles. The van der Waals surface area contributed by atoms with Crippen molar-refractivity contribution in [3.63, 3.8) is 0 Å². The molecular formula is C11H13NO4S. The molecule has 2 atom stereocenters. The molecule has 0 bridgehead atoms. The predicted molar refractivity (Wildman–Crippen MR) is 63.4 cm³/mol. The zero-order valence-electron chi connectivity index (χ0n) is 9.25. The van der Waals surface area contributed by atoms with Crippen molar-refractivity contribution in [2.75, 3.05) is 11.0 Å². The monoisotopic (exact) mass is 255 g/mol. The quantitative estimate of drug-likeness (QED) is 0.848. The van der Waals surface area contributed by atoms with Gasteiger partial charge in [0.15, 0.2) is 0 Å². The highest BCUT2D eigenvalue weighted by molar-refractivity contribution is 7.92. The van der Waals surface area contributed by atoms with Gasteiger partial charge in [0.25, 0.3) is 0 Å². The van der Waals surface area contributed by atoms with E-state index >= 15 is 0 Å². The maximum atomic E-state index is 11.1. The van der Waals surface area contributed by atoms with Gasteiger partial charge in [-0.3, -0.25) is 9.52 Å². The van der Waals surface area contributed by atoms with Gasteiger partial charge in [0.05, 0.1) is 12.2 Å². The Balaban J connectivity index is 2.16. The van der Waals surface area contributed by atoms with Crippen LogP contribution >= 0.6 is 0 Å². The SMILES string of the molecule is CS(=O)(=O)Nc1cccc(C2CC2C(=O)O)c1. The van der Waals surface area contributed by atoms with Gasteiger partial charge in [0.2, 0.25) is 10.0 Å². The van der Waals surface area contributed by atoms with E-state index in [0.29, 0.717) is 12.1 Å². The highest BCUT2D eigenvalue weighted by Gasteiger charge is 2.44. The van der Waals surface area contributed by atoms with E-state index < -0.39 is 16.0 Å². The number of carboxylic acid groups (broad SMARTS) is 1. The molecule has 2 rings (SSSR count). The van der Waals surface area contributed by atoms with Gasteiger partial charge in [0.1, 0.15) is 0 Å². The van der Waals surface area contributed by atoms with Crippen molar-refractivity contribution < 1.29 is 18.3 Å². The number of benzene rings is 1. The second kappa shape index (κ2) is 4.03. The Morgan fingerprint density at radius 3 is 2.71 bits per heavy atom. The molecular weight excluding hydrogens is 242 g/mol. The van der Waals surface area contributed by atoms with Gasteiger partial charge in [-0.2, -0.15) is 0 Å². The summed E-state index contributed by atoms with van der Waals surface area (Å²) < 4.78 is 24.5. The minimum absolute atomic E-state index is 0.00816. The van der Waals surface area contributed by atoms with E-state index in [2.05, 4.69) is 4.72 Å². The van der Waals surface area contributed by atoms with Gasteiger partial charge >= 0.3 is 5.97 Å². The molecule has 0 aliphatic heterocycles. The summed E-state index contributed by atoms with van der Waals surface area (Å²) in [5.74, 6) is -1.12. The lowest BCUT2D eigenvalue weighted by atomic mass is 10.1. The summed E-state index contributed by atoms with van der Waals surface area (Å²) in [6.45, 7) is 0. The molecule has 0 radical (unpaired) electrons. The number of carbonyl (C=O) groups is 1. The molecule has 1 aliphatic carbocycles.